The highest BCUT2D eigenvalue weighted by Crippen LogP contribution is 2.58. The highest BCUT2D eigenvalue weighted by molar-refractivity contribution is 5.32. The van der Waals surface area contributed by atoms with Gasteiger partial charge >= 0.3 is 0 Å². The van der Waals surface area contributed by atoms with Crippen LogP contribution in [0.3, 0.4) is 0 Å². The molecule has 220 valence electrons. The molecule has 0 unspecified atom stereocenters. The topological polar surface area (TPSA) is 13.0 Å². The molecular weight excluding hydrogens is 536 g/mol. The first-order valence-corrected chi connectivity index (χ1v) is 16.0. The second kappa shape index (κ2) is 11.8. The van der Waals surface area contributed by atoms with Gasteiger partial charge in [0.05, 0.1) is 18.5 Å². The summed E-state index contributed by atoms with van der Waals surface area (Å²) in [4.78, 5) is 11.1. The molecular formula is C40H40N4. The molecule has 0 aromatic heterocycles. The summed E-state index contributed by atoms with van der Waals surface area (Å²) in [6.07, 6.45) is 0.647. The average molecular weight is 577 g/mol. The molecule has 4 aliphatic heterocycles. The van der Waals surface area contributed by atoms with Crippen molar-refractivity contribution in [2.75, 3.05) is 26.2 Å². The van der Waals surface area contributed by atoms with Crippen LogP contribution in [0, 0.1) is 5.41 Å². The van der Waals surface area contributed by atoms with Gasteiger partial charge in [0, 0.05) is 44.7 Å². The van der Waals surface area contributed by atoms with Gasteiger partial charge in [-0.2, -0.15) is 0 Å². The summed E-state index contributed by atoms with van der Waals surface area (Å²) in [5, 5.41) is 0. The standard InChI is InChI=1S/C40H40N4/c1-6-16-32(17-7-1)26-41(27-33-18-8-2-9-19-33)28-40-29-42-37(34-20-10-3-11-21-34)43(30-40)39(36-24-14-5-15-25-36)44(31-40)38(42)35-22-12-4-13-23-35/h1-25,37-39H,26-31H2. The van der Waals surface area contributed by atoms with Crippen LogP contribution in [0.5, 0.6) is 0 Å². The minimum Gasteiger partial charge on any atom is -0.294 e. The molecule has 0 spiro atoms. The molecule has 4 saturated heterocycles. The zero-order valence-electron chi connectivity index (χ0n) is 25.2. The fraction of sp³-hybridized carbons (Fsp3) is 0.250. The Morgan fingerprint density at radius 3 is 1.05 bits per heavy atom. The molecule has 9 rings (SSSR count). The molecule has 0 saturated carbocycles. The van der Waals surface area contributed by atoms with Crippen molar-refractivity contribution >= 4 is 0 Å². The number of hydrogen-bond donors (Lipinski definition) is 0. The highest BCUT2D eigenvalue weighted by Gasteiger charge is 2.61. The van der Waals surface area contributed by atoms with Gasteiger partial charge in [-0.1, -0.05) is 152 Å². The Labute approximate surface area is 261 Å². The van der Waals surface area contributed by atoms with Gasteiger partial charge in [-0.05, 0) is 27.8 Å². The molecule has 0 aliphatic carbocycles. The molecule has 5 aromatic rings. The molecule has 0 radical (unpaired) electrons. The Hall–Kier alpha value is -4.06. The van der Waals surface area contributed by atoms with E-state index in [0.29, 0.717) is 0 Å². The minimum absolute atomic E-state index is 0.116. The Morgan fingerprint density at radius 1 is 0.432 bits per heavy atom. The largest absolute Gasteiger partial charge is 0.294 e. The van der Waals surface area contributed by atoms with E-state index in [2.05, 4.69) is 171 Å². The second-order valence-electron chi connectivity index (χ2n) is 13.0. The zero-order valence-corrected chi connectivity index (χ0v) is 25.2. The van der Waals surface area contributed by atoms with E-state index in [4.69, 9.17) is 0 Å². The lowest BCUT2D eigenvalue weighted by atomic mass is 9.75. The molecule has 44 heavy (non-hydrogen) atoms. The van der Waals surface area contributed by atoms with Gasteiger partial charge in [0.25, 0.3) is 0 Å². The van der Waals surface area contributed by atoms with Crippen molar-refractivity contribution in [3.63, 3.8) is 0 Å². The van der Waals surface area contributed by atoms with Gasteiger partial charge in [-0.3, -0.25) is 19.6 Å². The van der Waals surface area contributed by atoms with Gasteiger partial charge in [0.2, 0.25) is 0 Å². The van der Waals surface area contributed by atoms with Gasteiger partial charge in [0.1, 0.15) is 0 Å². The van der Waals surface area contributed by atoms with Crippen molar-refractivity contribution in [3.8, 4) is 0 Å². The SMILES string of the molecule is c1ccc(CN(Cc2ccccc2)CC23CN4C(c5ccccc5)N(C2)C(c2ccccc2)N(C3)C4c2ccccc2)cc1. The van der Waals surface area contributed by atoms with Gasteiger partial charge < -0.3 is 0 Å². The molecule has 4 bridgehead atoms. The maximum atomic E-state index is 2.81. The van der Waals surface area contributed by atoms with E-state index < -0.39 is 0 Å². The normalized spacial score (nSPS) is 28.8. The zero-order chi connectivity index (χ0) is 29.3. The van der Waals surface area contributed by atoms with E-state index >= 15 is 0 Å². The van der Waals surface area contributed by atoms with Crippen LogP contribution in [0.1, 0.15) is 46.3 Å². The van der Waals surface area contributed by atoms with Gasteiger partial charge in [0.15, 0.2) is 0 Å². The van der Waals surface area contributed by atoms with Crippen LogP contribution in [-0.2, 0) is 13.1 Å². The van der Waals surface area contributed by atoms with E-state index in [9.17, 15) is 0 Å². The predicted octanol–water partition coefficient (Wildman–Crippen LogP) is 7.72. The summed E-state index contributed by atoms with van der Waals surface area (Å²) in [7, 11) is 0. The molecule has 4 fully saturated rings. The van der Waals surface area contributed by atoms with Crippen LogP contribution in [0.2, 0.25) is 0 Å². The van der Waals surface area contributed by atoms with E-state index in [-0.39, 0.29) is 23.9 Å². The first-order chi connectivity index (χ1) is 21.8. The Kier molecular flexibility index (Phi) is 7.37. The first-order valence-electron chi connectivity index (χ1n) is 16.0. The monoisotopic (exact) mass is 576 g/mol. The molecule has 4 heterocycles. The maximum absolute atomic E-state index is 2.81. The average Bonchev–Trinajstić information content (AvgIpc) is 3.07. The number of rotatable bonds is 9. The third-order valence-corrected chi connectivity index (χ3v) is 9.79. The quantitative estimate of drug-likeness (QED) is 0.178. The minimum atomic E-state index is 0.116. The number of nitrogens with zero attached hydrogens (tertiary/aromatic N) is 4. The van der Waals surface area contributed by atoms with Crippen molar-refractivity contribution in [2.24, 2.45) is 5.41 Å². The lowest BCUT2D eigenvalue weighted by Crippen LogP contribution is -2.76. The molecule has 0 amide bonds. The Balaban J connectivity index is 1.21. The van der Waals surface area contributed by atoms with E-state index in [0.717, 1.165) is 39.3 Å². The van der Waals surface area contributed by atoms with Crippen LogP contribution in [0.25, 0.3) is 0 Å². The third kappa shape index (κ3) is 5.18. The van der Waals surface area contributed by atoms with Crippen molar-refractivity contribution in [2.45, 2.75) is 31.6 Å². The molecule has 0 N–H and O–H groups in total. The Morgan fingerprint density at radius 2 is 0.727 bits per heavy atom. The van der Waals surface area contributed by atoms with Gasteiger partial charge in [-0.15, -0.1) is 0 Å². The van der Waals surface area contributed by atoms with Crippen LogP contribution in [0.15, 0.2) is 152 Å². The lowest BCUT2D eigenvalue weighted by molar-refractivity contribution is -0.288. The van der Waals surface area contributed by atoms with Crippen LogP contribution < -0.4 is 0 Å². The van der Waals surface area contributed by atoms with Crippen LogP contribution >= 0.6 is 0 Å². The predicted molar refractivity (Wildman–Crippen MR) is 177 cm³/mol. The number of benzene rings is 5. The summed E-state index contributed by atoms with van der Waals surface area (Å²) < 4.78 is 0. The summed E-state index contributed by atoms with van der Waals surface area (Å²) in [6, 6.07) is 55.6. The van der Waals surface area contributed by atoms with Crippen molar-refractivity contribution in [3.05, 3.63) is 179 Å². The van der Waals surface area contributed by atoms with Gasteiger partial charge in [-0.25, -0.2) is 0 Å². The van der Waals surface area contributed by atoms with E-state index in [1.165, 1.54) is 27.8 Å². The van der Waals surface area contributed by atoms with Crippen molar-refractivity contribution in [1.29, 1.82) is 0 Å². The molecule has 5 aromatic carbocycles. The number of hydrogen-bond acceptors (Lipinski definition) is 4. The second-order valence-corrected chi connectivity index (χ2v) is 13.0. The van der Waals surface area contributed by atoms with E-state index in [1.807, 2.05) is 0 Å². The fourth-order valence-electron chi connectivity index (χ4n) is 8.30. The van der Waals surface area contributed by atoms with Crippen molar-refractivity contribution < 1.29 is 0 Å². The summed E-state index contributed by atoms with van der Waals surface area (Å²) in [6.45, 7) is 6.15. The Bertz CT molecular complexity index is 1460. The summed E-state index contributed by atoms with van der Waals surface area (Å²) >= 11 is 0. The molecule has 0 atom stereocenters. The summed E-state index contributed by atoms with van der Waals surface area (Å²) in [5.41, 5.74) is 7.02. The maximum Gasteiger partial charge on any atom is 0.0916 e. The van der Waals surface area contributed by atoms with Crippen LogP contribution in [-0.4, -0.2) is 45.8 Å². The smallest absolute Gasteiger partial charge is 0.0916 e. The van der Waals surface area contributed by atoms with Crippen molar-refractivity contribution in [1.82, 2.24) is 19.6 Å². The fourth-order valence-corrected chi connectivity index (χ4v) is 8.30. The summed E-state index contributed by atoms with van der Waals surface area (Å²) in [5.74, 6) is 0. The molecule has 4 aliphatic rings. The molecule has 4 nitrogen and oxygen atoms in total. The highest BCUT2D eigenvalue weighted by atomic mass is 15.6. The lowest BCUT2D eigenvalue weighted by Gasteiger charge is -2.71. The third-order valence-electron chi connectivity index (χ3n) is 9.79. The molecule has 4 heteroatoms. The van der Waals surface area contributed by atoms with Crippen LogP contribution in [0.4, 0.5) is 0 Å². The first kappa shape index (κ1) is 27.5. The van der Waals surface area contributed by atoms with E-state index in [1.54, 1.807) is 0 Å².